The van der Waals surface area contributed by atoms with Crippen molar-refractivity contribution in [2.45, 2.75) is 65.1 Å². The van der Waals surface area contributed by atoms with Gasteiger partial charge in [-0.2, -0.15) is 5.10 Å². The fourth-order valence-electron chi connectivity index (χ4n) is 3.28. The minimum Gasteiger partial charge on any atom is -0.326 e. The highest BCUT2D eigenvalue weighted by molar-refractivity contribution is 5.14. The van der Waals surface area contributed by atoms with E-state index in [0.717, 1.165) is 32.5 Å². The summed E-state index contributed by atoms with van der Waals surface area (Å²) >= 11 is 0. The van der Waals surface area contributed by atoms with E-state index in [4.69, 9.17) is 5.73 Å². The summed E-state index contributed by atoms with van der Waals surface area (Å²) in [5, 5.41) is 4.49. The first-order valence-corrected chi connectivity index (χ1v) is 8.13. The SMILES string of the molecule is CCCn1cc(C2C(N)CCCCN2CC(C)C)cn1. The van der Waals surface area contributed by atoms with Gasteiger partial charge in [0.15, 0.2) is 0 Å². The predicted molar refractivity (Wildman–Crippen MR) is 83.5 cm³/mol. The zero-order valence-corrected chi connectivity index (χ0v) is 13.3. The summed E-state index contributed by atoms with van der Waals surface area (Å²) in [6.45, 7) is 10.0. The number of likely N-dealkylation sites (tertiary alicyclic amines) is 1. The Bertz CT molecular complexity index is 399. The fourth-order valence-corrected chi connectivity index (χ4v) is 3.28. The number of hydrogen-bond donors (Lipinski definition) is 1. The number of nitrogens with two attached hydrogens (primary N) is 1. The maximum atomic E-state index is 6.48. The molecule has 114 valence electrons. The highest BCUT2D eigenvalue weighted by Crippen LogP contribution is 2.29. The summed E-state index contributed by atoms with van der Waals surface area (Å²) in [6, 6.07) is 0.570. The van der Waals surface area contributed by atoms with Gasteiger partial charge in [-0.15, -0.1) is 0 Å². The van der Waals surface area contributed by atoms with Gasteiger partial charge in [0, 0.05) is 30.9 Å². The molecule has 1 aliphatic heterocycles. The molecule has 2 heterocycles. The summed E-state index contributed by atoms with van der Waals surface area (Å²) in [5.74, 6) is 0.675. The lowest BCUT2D eigenvalue weighted by Gasteiger charge is -2.34. The van der Waals surface area contributed by atoms with E-state index in [1.807, 2.05) is 6.20 Å². The Hall–Kier alpha value is -0.870. The lowest BCUT2D eigenvalue weighted by atomic mass is 9.98. The van der Waals surface area contributed by atoms with Crippen LogP contribution in [0.5, 0.6) is 0 Å². The number of hydrogen-bond acceptors (Lipinski definition) is 3. The Morgan fingerprint density at radius 1 is 1.40 bits per heavy atom. The topological polar surface area (TPSA) is 47.1 Å². The molecule has 1 aromatic heterocycles. The van der Waals surface area contributed by atoms with Crippen LogP contribution in [0.1, 0.15) is 58.1 Å². The summed E-state index contributed by atoms with van der Waals surface area (Å²) in [4.78, 5) is 2.58. The molecule has 4 nitrogen and oxygen atoms in total. The first-order chi connectivity index (χ1) is 9.61. The molecule has 0 amide bonds. The van der Waals surface area contributed by atoms with Crippen molar-refractivity contribution in [3.63, 3.8) is 0 Å². The van der Waals surface area contributed by atoms with Gasteiger partial charge in [-0.05, 0) is 31.7 Å². The zero-order chi connectivity index (χ0) is 14.5. The van der Waals surface area contributed by atoms with Gasteiger partial charge in [0.25, 0.3) is 0 Å². The molecule has 1 saturated heterocycles. The molecular weight excluding hydrogens is 248 g/mol. The number of aromatic nitrogens is 2. The lowest BCUT2D eigenvalue weighted by Crippen LogP contribution is -2.41. The van der Waals surface area contributed by atoms with Gasteiger partial charge in [0.05, 0.1) is 12.2 Å². The van der Waals surface area contributed by atoms with Crippen molar-refractivity contribution in [1.82, 2.24) is 14.7 Å². The average Bonchev–Trinajstić information content (AvgIpc) is 2.75. The molecule has 0 radical (unpaired) electrons. The van der Waals surface area contributed by atoms with E-state index in [9.17, 15) is 0 Å². The van der Waals surface area contributed by atoms with Crippen LogP contribution in [0.15, 0.2) is 12.4 Å². The van der Waals surface area contributed by atoms with Crippen LogP contribution in [0.2, 0.25) is 0 Å². The van der Waals surface area contributed by atoms with Gasteiger partial charge in [-0.3, -0.25) is 9.58 Å². The molecule has 2 unspecified atom stereocenters. The standard InChI is InChI=1S/C16H30N4/c1-4-8-20-12-14(10-18-20)16-15(17)7-5-6-9-19(16)11-13(2)3/h10,12-13,15-16H,4-9,11,17H2,1-3H3. The van der Waals surface area contributed by atoms with Crippen LogP contribution in [0, 0.1) is 5.92 Å². The summed E-state index contributed by atoms with van der Waals surface area (Å²) in [5.41, 5.74) is 7.78. The molecule has 0 aromatic carbocycles. The van der Waals surface area contributed by atoms with Crippen LogP contribution in [-0.4, -0.2) is 33.8 Å². The molecule has 1 fully saturated rings. The third-order valence-corrected chi connectivity index (χ3v) is 4.08. The van der Waals surface area contributed by atoms with Crippen molar-refractivity contribution >= 4 is 0 Å². The molecular formula is C16H30N4. The Morgan fingerprint density at radius 3 is 2.90 bits per heavy atom. The first kappa shape index (κ1) is 15.5. The normalized spacial score (nSPS) is 25.1. The van der Waals surface area contributed by atoms with E-state index >= 15 is 0 Å². The van der Waals surface area contributed by atoms with Crippen molar-refractivity contribution < 1.29 is 0 Å². The summed E-state index contributed by atoms with van der Waals surface area (Å²) in [7, 11) is 0. The Morgan fingerprint density at radius 2 is 2.20 bits per heavy atom. The monoisotopic (exact) mass is 278 g/mol. The van der Waals surface area contributed by atoms with E-state index in [0.29, 0.717) is 12.0 Å². The zero-order valence-electron chi connectivity index (χ0n) is 13.3. The van der Waals surface area contributed by atoms with Crippen molar-refractivity contribution in [1.29, 1.82) is 0 Å². The third-order valence-electron chi connectivity index (χ3n) is 4.08. The van der Waals surface area contributed by atoms with Crippen LogP contribution in [0.25, 0.3) is 0 Å². The Kier molecular flexibility index (Phi) is 5.61. The minimum atomic E-state index is 0.232. The molecule has 1 aliphatic rings. The van der Waals surface area contributed by atoms with Gasteiger partial charge < -0.3 is 5.73 Å². The van der Waals surface area contributed by atoms with Gasteiger partial charge in [0.1, 0.15) is 0 Å². The van der Waals surface area contributed by atoms with Crippen molar-refractivity contribution in [2.24, 2.45) is 11.7 Å². The molecule has 0 spiro atoms. The number of rotatable bonds is 5. The second kappa shape index (κ2) is 7.23. The van der Waals surface area contributed by atoms with Crippen LogP contribution < -0.4 is 5.73 Å². The highest BCUT2D eigenvalue weighted by atomic mass is 15.3. The first-order valence-electron chi connectivity index (χ1n) is 8.13. The largest absolute Gasteiger partial charge is 0.326 e. The maximum absolute atomic E-state index is 6.48. The second-order valence-electron chi connectivity index (χ2n) is 6.53. The maximum Gasteiger partial charge on any atom is 0.0538 e. The fraction of sp³-hybridized carbons (Fsp3) is 0.812. The molecule has 20 heavy (non-hydrogen) atoms. The van der Waals surface area contributed by atoms with E-state index in [2.05, 4.69) is 41.6 Å². The molecule has 4 heteroatoms. The molecule has 2 atom stereocenters. The van der Waals surface area contributed by atoms with Crippen LogP contribution in [0.3, 0.4) is 0 Å². The van der Waals surface area contributed by atoms with Gasteiger partial charge in [-0.1, -0.05) is 27.2 Å². The number of nitrogens with zero attached hydrogens (tertiary/aromatic N) is 3. The summed E-state index contributed by atoms with van der Waals surface area (Å²) < 4.78 is 2.06. The van der Waals surface area contributed by atoms with E-state index in [1.165, 1.54) is 18.4 Å². The molecule has 0 saturated carbocycles. The van der Waals surface area contributed by atoms with E-state index in [-0.39, 0.29) is 6.04 Å². The minimum absolute atomic E-state index is 0.232. The lowest BCUT2D eigenvalue weighted by molar-refractivity contribution is 0.165. The molecule has 2 rings (SSSR count). The van der Waals surface area contributed by atoms with Gasteiger partial charge >= 0.3 is 0 Å². The van der Waals surface area contributed by atoms with Gasteiger partial charge in [-0.25, -0.2) is 0 Å². The molecule has 2 N–H and O–H groups in total. The average molecular weight is 278 g/mol. The molecule has 0 aliphatic carbocycles. The van der Waals surface area contributed by atoms with Crippen LogP contribution in [0.4, 0.5) is 0 Å². The van der Waals surface area contributed by atoms with Crippen LogP contribution >= 0.6 is 0 Å². The predicted octanol–water partition coefficient (Wildman–Crippen LogP) is 2.80. The molecule has 1 aromatic rings. The second-order valence-corrected chi connectivity index (χ2v) is 6.53. The van der Waals surface area contributed by atoms with Crippen LogP contribution in [-0.2, 0) is 6.54 Å². The summed E-state index contributed by atoms with van der Waals surface area (Å²) in [6.07, 6.45) is 8.98. The van der Waals surface area contributed by atoms with E-state index < -0.39 is 0 Å². The highest BCUT2D eigenvalue weighted by Gasteiger charge is 2.30. The number of aryl methyl sites for hydroxylation is 1. The van der Waals surface area contributed by atoms with Crippen molar-refractivity contribution in [2.75, 3.05) is 13.1 Å². The van der Waals surface area contributed by atoms with E-state index in [1.54, 1.807) is 0 Å². The van der Waals surface area contributed by atoms with Crippen molar-refractivity contribution in [3.05, 3.63) is 18.0 Å². The molecule has 0 bridgehead atoms. The Labute approximate surface area is 123 Å². The smallest absolute Gasteiger partial charge is 0.0538 e. The quantitative estimate of drug-likeness (QED) is 0.901. The van der Waals surface area contributed by atoms with Crippen molar-refractivity contribution in [3.8, 4) is 0 Å². The Balaban J connectivity index is 2.20. The van der Waals surface area contributed by atoms with Gasteiger partial charge in [0.2, 0.25) is 0 Å². The third kappa shape index (κ3) is 3.83.